The Kier molecular flexibility index (Phi) is 4.80. The Balaban J connectivity index is 2.33. The van der Waals surface area contributed by atoms with E-state index in [4.69, 9.17) is 16.3 Å². The normalized spacial score (nSPS) is 21.5. The molecular weight excluding hydrogens is 306 g/mol. The third-order valence-corrected chi connectivity index (χ3v) is 4.84. The van der Waals surface area contributed by atoms with Crippen LogP contribution < -0.4 is 10.5 Å². The van der Waals surface area contributed by atoms with E-state index >= 15 is 0 Å². The maximum absolute atomic E-state index is 12.4. The summed E-state index contributed by atoms with van der Waals surface area (Å²) in [4.78, 5) is 26.3. The second-order valence-electron chi connectivity index (χ2n) is 5.98. The molecule has 0 bridgehead atoms. The lowest BCUT2D eigenvalue weighted by Crippen LogP contribution is -2.41. The average Bonchev–Trinajstić information content (AvgIpc) is 2.91. The lowest BCUT2D eigenvalue weighted by Gasteiger charge is -2.31. The average molecular weight is 328 g/mol. The van der Waals surface area contributed by atoms with Gasteiger partial charge in [0.1, 0.15) is 5.02 Å². The highest BCUT2D eigenvalue weighted by atomic mass is 35.5. The van der Waals surface area contributed by atoms with Crippen molar-refractivity contribution in [1.82, 2.24) is 9.78 Å². The van der Waals surface area contributed by atoms with E-state index in [9.17, 15) is 9.59 Å². The fraction of sp³-hybridized carbons (Fsp3) is 0.667. The van der Waals surface area contributed by atoms with E-state index in [0.29, 0.717) is 31.8 Å². The summed E-state index contributed by atoms with van der Waals surface area (Å²) in [5, 5.41) is 4.16. The van der Waals surface area contributed by atoms with Crippen LogP contribution >= 0.6 is 11.6 Å². The van der Waals surface area contributed by atoms with Crippen LogP contribution in [0.1, 0.15) is 27.2 Å². The number of aryl methyl sites for hydroxylation is 1. The van der Waals surface area contributed by atoms with E-state index in [1.807, 2.05) is 18.7 Å². The third kappa shape index (κ3) is 2.72. The van der Waals surface area contributed by atoms with E-state index in [2.05, 4.69) is 5.10 Å². The molecule has 0 aliphatic carbocycles. The largest absolute Gasteiger partial charge is 0.466 e. The quantitative estimate of drug-likeness (QED) is 0.790. The zero-order valence-corrected chi connectivity index (χ0v) is 14.2. The summed E-state index contributed by atoms with van der Waals surface area (Å²) in [5.74, 6) is -0.0461. The number of esters is 1. The number of hydrogen-bond acceptors (Lipinski definition) is 5. The predicted octanol–water partition coefficient (Wildman–Crippen LogP) is 1.85. The van der Waals surface area contributed by atoms with Gasteiger partial charge in [-0.05, 0) is 19.3 Å². The molecule has 0 saturated carbocycles. The van der Waals surface area contributed by atoms with E-state index in [-0.39, 0.29) is 22.5 Å². The number of rotatable bonds is 4. The van der Waals surface area contributed by atoms with Crippen LogP contribution in [0.3, 0.4) is 0 Å². The number of anilines is 1. The third-order valence-electron chi connectivity index (χ3n) is 4.49. The van der Waals surface area contributed by atoms with Gasteiger partial charge in [-0.25, -0.2) is 4.68 Å². The van der Waals surface area contributed by atoms with Gasteiger partial charge in [0.2, 0.25) is 0 Å². The fourth-order valence-corrected chi connectivity index (χ4v) is 3.20. The van der Waals surface area contributed by atoms with Crippen molar-refractivity contribution in [2.24, 2.45) is 18.4 Å². The number of nitrogens with zero attached hydrogens (tertiary/aromatic N) is 3. The first kappa shape index (κ1) is 16.8. The maximum Gasteiger partial charge on any atom is 0.314 e. The van der Waals surface area contributed by atoms with Gasteiger partial charge in [-0.3, -0.25) is 9.59 Å². The fourth-order valence-electron chi connectivity index (χ4n) is 2.91. The summed E-state index contributed by atoms with van der Waals surface area (Å²) >= 11 is 6.16. The second-order valence-corrected chi connectivity index (χ2v) is 6.35. The molecule has 1 atom stereocenters. The second kappa shape index (κ2) is 6.28. The Morgan fingerprint density at radius 3 is 2.82 bits per heavy atom. The highest BCUT2D eigenvalue weighted by Gasteiger charge is 2.48. The molecule has 0 N–H and O–H groups in total. The van der Waals surface area contributed by atoms with E-state index in [0.717, 1.165) is 0 Å². The molecule has 0 spiro atoms. The molecule has 2 heterocycles. The first-order chi connectivity index (χ1) is 10.3. The molecule has 1 saturated heterocycles. The van der Waals surface area contributed by atoms with Gasteiger partial charge in [-0.1, -0.05) is 25.4 Å². The van der Waals surface area contributed by atoms with Crippen molar-refractivity contribution in [3.63, 3.8) is 0 Å². The SMILES string of the molecule is CCOC(=O)[C@]1(C(C)C)CCN(c2cnn(C)c(=O)c2Cl)C1. The van der Waals surface area contributed by atoms with Crippen molar-refractivity contribution in [3.05, 3.63) is 21.6 Å². The number of carbonyl (C=O) groups is 1. The van der Waals surface area contributed by atoms with Crippen LogP contribution in [0.25, 0.3) is 0 Å². The van der Waals surface area contributed by atoms with Gasteiger partial charge >= 0.3 is 5.97 Å². The number of hydrogen-bond donors (Lipinski definition) is 0. The van der Waals surface area contributed by atoms with Crippen LogP contribution in [0.2, 0.25) is 5.02 Å². The molecule has 7 heteroatoms. The van der Waals surface area contributed by atoms with Crippen LogP contribution in [0, 0.1) is 11.3 Å². The summed E-state index contributed by atoms with van der Waals surface area (Å²) in [6.45, 7) is 7.33. The molecular formula is C15H22ClN3O3. The van der Waals surface area contributed by atoms with Gasteiger partial charge in [0, 0.05) is 20.1 Å². The Hall–Kier alpha value is -1.56. The standard InChI is InChI=1S/C15H22ClN3O3/c1-5-22-14(21)15(10(2)3)6-7-19(9-15)11-8-17-18(4)13(20)12(11)16/h8,10H,5-7,9H2,1-4H3/t15-/m1/s1. The molecule has 1 aliphatic heterocycles. The summed E-state index contributed by atoms with van der Waals surface area (Å²) in [5.41, 5.74) is -0.325. The van der Waals surface area contributed by atoms with Crippen molar-refractivity contribution in [1.29, 1.82) is 0 Å². The maximum atomic E-state index is 12.4. The van der Waals surface area contributed by atoms with Crippen molar-refractivity contribution >= 4 is 23.3 Å². The topological polar surface area (TPSA) is 64.4 Å². The van der Waals surface area contributed by atoms with Crippen molar-refractivity contribution < 1.29 is 9.53 Å². The van der Waals surface area contributed by atoms with Gasteiger partial charge in [0.05, 0.1) is 23.9 Å². The molecule has 0 aromatic carbocycles. The summed E-state index contributed by atoms with van der Waals surface area (Å²) < 4.78 is 6.47. The number of ether oxygens (including phenoxy) is 1. The number of carbonyl (C=O) groups excluding carboxylic acids is 1. The van der Waals surface area contributed by atoms with E-state index in [1.54, 1.807) is 20.2 Å². The Morgan fingerprint density at radius 1 is 1.55 bits per heavy atom. The zero-order chi connectivity index (χ0) is 16.5. The monoisotopic (exact) mass is 327 g/mol. The molecule has 22 heavy (non-hydrogen) atoms. The Labute approximate surface area is 135 Å². The molecule has 1 aromatic rings. The molecule has 6 nitrogen and oxygen atoms in total. The zero-order valence-electron chi connectivity index (χ0n) is 13.4. The molecule has 122 valence electrons. The molecule has 1 aliphatic rings. The smallest absolute Gasteiger partial charge is 0.314 e. The van der Waals surface area contributed by atoms with Gasteiger partial charge in [0.25, 0.3) is 5.56 Å². The van der Waals surface area contributed by atoms with Crippen molar-refractivity contribution in [2.75, 3.05) is 24.6 Å². The molecule has 1 fully saturated rings. The van der Waals surface area contributed by atoms with Crippen LogP contribution in [0.15, 0.2) is 11.0 Å². The minimum absolute atomic E-state index is 0.134. The molecule has 0 amide bonds. The Bertz CT molecular complexity index is 629. The molecule has 2 rings (SSSR count). The number of aromatic nitrogens is 2. The van der Waals surface area contributed by atoms with Crippen LogP contribution in [-0.2, 0) is 16.6 Å². The van der Waals surface area contributed by atoms with Gasteiger partial charge in [-0.2, -0.15) is 5.10 Å². The summed E-state index contributed by atoms with van der Waals surface area (Å²) in [7, 11) is 1.55. The van der Waals surface area contributed by atoms with Crippen molar-refractivity contribution in [3.8, 4) is 0 Å². The van der Waals surface area contributed by atoms with E-state index < -0.39 is 5.41 Å². The highest BCUT2D eigenvalue weighted by Crippen LogP contribution is 2.41. The van der Waals surface area contributed by atoms with E-state index in [1.165, 1.54) is 4.68 Å². The number of halogens is 1. The highest BCUT2D eigenvalue weighted by molar-refractivity contribution is 6.33. The minimum Gasteiger partial charge on any atom is -0.466 e. The first-order valence-corrected chi connectivity index (χ1v) is 7.85. The van der Waals surface area contributed by atoms with Crippen molar-refractivity contribution in [2.45, 2.75) is 27.2 Å². The Morgan fingerprint density at radius 2 is 2.23 bits per heavy atom. The summed E-state index contributed by atoms with van der Waals surface area (Å²) in [6, 6.07) is 0. The lowest BCUT2D eigenvalue weighted by atomic mass is 9.76. The minimum atomic E-state index is -0.569. The molecule has 0 unspecified atom stereocenters. The van der Waals surface area contributed by atoms with Crippen LogP contribution in [-0.4, -0.2) is 35.4 Å². The lowest BCUT2D eigenvalue weighted by molar-refractivity contribution is -0.156. The van der Waals surface area contributed by atoms with Crippen LogP contribution in [0.4, 0.5) is 5.69 Å². The molecule has 1 aromatic heterocycles. The van der Waals surface area contributed by atoms with Gasteiger partial charge < -0.3 is 9.64 Å². The predicted molar refractivity (Wildman–Crippen MR) is 85.2 cm³/mol. The van der Waals surface area contributed by atoms with Gasteiger partial charge in [-0.15, -0.1) is 0 Å². The first-order valence-electron chi connectivity index (χ1n) is 7.47. The van der Waals surface area contributed by atoms with Gasteiger partial charge in [0.15, 0.2) is 0 Å². The summed E-state index contributed by atoms with van der Waals surface area (Å²) in [6.07, 6.45) is 2.25. The van der Waals surface area contributed by atoms with Crippen LogP contribution in [0.5, 0.6) is 0 Å². The molecule has 0 radical (unpaired) electrons.